The van der Waals surface area contributed by atoms with E-state index in [1.54, 1.807) is 6.07 Å². The fourth-order valence-electron chi connectivity index (χ4n) is 2.78. The van der Waals surface area contributed by atoms with Crippen LogP contribution in [-0.4, -0.2) is 61.5 Å². The van der Waals surface area contributed by atoms with Crippen LogP contribution in [0.4, 0.5) is 4.39 Å². The number of nitrogens with zero attached hydrogens (tertiary/aromatic N) is 2. The maximum Gasteiger partial charge on any atom is 0.176 e. The smallest absolute Gasteiger partial charge is 0.176 e. The van der Waals surface area contributed by atoms with Crippen molar-refractivity contribution in [2.45, 2.75) is 25.9 Å². The number of ether oxygens (including phenoxy) is 1. The molecule has 0 aliphatic carbocycles. The highest BCUT2D eigenvalue weighted by atomic mass is 19.1. The number of hydrogen-bond acceptors (Lipinski definition) is 4. The standard InChI is InChI=1S/C16H23FN2O2/c1-11-8-19(9-12(2)18(11)3)10-15(20)13-5-6-16(21-4)14(17)7-13/h5-7,11-12H,8-10H2,1-4H3. The number of Topliss-reactive ketones (excluding diaryl/α,β-unsaturated/α-hetero) is 1. The van der Waals surface area contributed by atoms with Gasteiger partial charge in [0, 0.05) is 30.7 Å². The second kappa shape index (κ2) is 6.54. The average Bonchev–Trinajstić information content (AvgIpc) is 2.44. The van der Waals surface area contributed by atoms with Crippen LogP contribution in [0.15, 0.2) is 18.2 Å². The van der Waals surface area contributed by atoms with Gasteiger partial charge in [0.05, 0.1) is 13.7 Å². The van der Waals surface area contributed by atoms with Crippen LogP contribution in [0.5, 0.6) is 5.75 Å². The van der Waals surface area contributed by atoms with Crippen molar-refractivity contribution >= 4 is 5.78 Å². The van der Waals surface area contributed by atoms with Gasteiger partial charge in [0.15, 0.2) is 17.3 Å². The molecule has 116 valence electrons. The lowest BCUT2D eigenvalue weighted by atomic mass is 10.1. The summed E-state index contributed by atoms with van der Waals surface area (Å²) in [5.74, 6) is -0.391. The molecule has 4 nitrogen and oxygen atoms in total. The first-order valence-corrected chi connectivity index (χ1v) is 7.23. The summed E-state index contributed by atoms with van der Waals surface area (Å²) in [4.78, 5) is 16.7. The second-order valence-corrected chi connectivity index (χ2v) is 5.83. The van der Waals surface area contributed by atoms with Crippen LogP contribution >= 0.6 is 0 Å². The minimum Gasteiger partial charge on any atom is -0.494 e. The highest BCUT2D eigenvalue weighted by Crippen LogP contribution is 2.19. The fraction of sp³-hybridized carbons (Fsp3) is 0.562. The molecule has 1 heterocycles. The molecule has 21 heavy (non-hydrogen) atoms. The van der Waals surface area contributed by atoms with Gasteiger partial charge in [0.1, 0.15) is 0 Å². The molecule has 1 aromatic carbocycles. The van der Waals surface area contributed by atoms with Crippen LogP contribution in [0.2, 0.25) is 0 Å². The lowest BCUT2D eigenvalue weighted by Crippen LogP contribution is -2.55. The van der Waals surface area contributed by atoms with E-state index < -0.39 is 5.82 Å². The highest BCUT2D eigenvalue weighted by Gasteiger charge is 2.27. The Hall–Kier alpha value is -1.46. The summed E-state index contributed by atoms with van der Waals surface area (Å²) < 4.78 is 18.5. The molecule has 0 aromatic heterocycles. The third-order valence-electron chi connectivity index (χ3n) is 4.28. The number of benzene rings is 1. The Kier molecular flexibility index (Phi) is 4.96. The normalized spacial score (nSPS) is 24.0. The number of hydrogen-bond donors (Lipinski definition) is 0. The van der Waals surface area contributed by atoms with E-state index in [1.807, 2.05) is 0 Å². The van der Waals surface area contributed by atoms with Gasteiger partial charge in [-0.1, -0.05) is 0 Å². The van der Waals surface area contributed by atoms with Gasteiger partial charge >= 0.3 is 0 Å². The molecule has 2 unspecified atom stereocenters. The number of likely N-dealkylation sites (N-methyl/N-ethyl adjacent to an activating group) is 1. The Morgan fingerprint density at radius 2 is 1.95 bits per heavy atom. The summed E-state index contributed by atoms with van der Waals surface area (Å²) in [6.45, 7) is 6.34. The van der Waals surface area contributed by atoms with Gasteiger partial charge in [0.2, 0.25) is 0 Å². The first-order chi connectivity index (χ1) is 9.92. The van der Waals surface area contributed by atoms with Crippen molar-refractivity contribution in [1.82, 2.24) is 9.80 Å². The Morgan fingerprint density at radius 1 is 1.33 bits per heavy atom. The summed E-state index contributed by atoms with van der Waals surface area (Å²) in [5, 5.41) is 0. The van der Waals surface area contributed by atoms with E-state index in [4.69, 9.17) is 4.74 Å². The molecule has 0 spiro atoms. The van der Waals surface area contributed by atoms with E-state index in [0.29, 0.717) is 24.2 Å². The van der Waals surface area contributed by atoms with Crippen LogP contribution in [0, 0.1) is 5.82 Å². The summed E-state index contributed by atoms with van der Waals surface area (Å²) in [5.41, 5.74) is 0.396. The zero-order valence-corrected chi connectivity index (χ0v) is 13.1. The van der Waals surface area contributed by atoms with Gasteiger partial charge in [0.25, 0.3) is 0 Å². The maximum absolute atomic E-state index is 13.7. The topological polar surface area (TPSA) is 32.8 Å². The van der Waals surface area contributed by atoms with Crippen molar-refractivity contribution < 1.29 is 13.9 Å². The molecule has 5 heteroatoms. The number of halogens is 1. The molecular weight excluding hydrogens is 271 g/mol. The Labute approximate surface area is 125 Å². The Balaban J connectivity index is 2.03. The van der Waals surface area contributed by atoms with Gasteiger partial charge in [-0.3, -0.25) is 14.6 Å². The number of piperazine rings is 1. The van der Waals surface area contributed by atoms with E-state index in [1.165, 1.54) is 19.2 Å². The predicted octanol–water partition coefficient (Wildman–Crippen LogP) is 2.04. The first-order valence-electron chi connectivity index (χ1n) is 7.23. The van der Waals surface area contributed by atoms with Gasteiger partial charge in [-0.25, -0.2) is 4.39 Å². The summed E-state index contributed by atoms with van der Waals surface area (Å²) in [6, 6.07) is 5.19. The van der Waals surface area contributed by atoms with E-state index in [0.717, 1.165) is 13.1 Å². The molecule has 2 atom stereocenters. The van der Waals surface area contributed by atoms with Gasteiger partial charge in [-0.15, -0.1) is 0 Å². The summed E-state index contributed by atoms with van der Waals surface area (Å²) in [7, 11) is 3.51. The van der Waals surface area contributed by atoms with Crippen LogP contribution in [0.1, 0.15) is 24.2 Å². The number of rotatable bonds is 4. The van der Waals surface area contributed by atoms with Gasteiger partial charge in [-0.05, 0) is 39.1 Å². The average molecular weight is 294 g/mol. The van der Waals surface area contributed by atoms with Crippen molar-refractivity contribution in [2.75, 3.05) is 33.8 Å². The number of carbonyl (C=O) groups is 1. The van der Waals surface area contributed by atoms with E-state index >= 15 is 0 Å². The third-order valence-corrected chi connectivity index (χ3v) is 4.28. The predicted molar refractivity (Wildman–Crippen MR) is 80.4 cm³/mol. The van der Waals surface area contributed by atoms with Crippen molar-refractivity contribution in [3.8, 4) is 5.75 Å². The molecule has 0 radical (unpaired) electrons. The SMILES string of the molecule is COc1ccc(C(=O)CN2CC(C)N(C)C(C)C2)cc1F. The zero-order chi connectivity index (χ0) is 15.6. The minimum atomic E-state index is -0.497. The lowest BCUT2D eigenvalue weighted by Gasteiger charge is -2.42. The van der Waals surface area contributed by atoms with Crippen LogP contribution in [-0.2, 0) is 0 Å². The largest absolute Gasteiger partial charge is 0.494 e. The molecule has 0 saturated carbocycles. The number of ketones is 1. The van der Waals surface area contributed by atoms with Gasteiger partial charge in [-0.2, -0.15) is 0 Å². The zero-order valence-electron chi connectivity index (χ0n) is 13.1. The van der Waals surface area contributed by atoms with Gasteiger partial charge < -0.3 is 4.74 Å². The molecule has 1 fully saturated rings. The molecule has 1 aliphatic heterocycles. The van der Waals surface area contributed by atoms with Crippen molar-refractivity contribution in [2.24, 2.45) is 0 Å². The molecule has 0 N–H and O–H groups in total. The highest BCUT2D eigenvalue weighted by molar-refractivity contribution is 5.97. The van der Waals surface area contributed by atoms with Crippen LogP contribution < -0.4 is 4.74 Å². The Bertz CT molecular complexity index is 509. The Morgan fingerprint density at radius 3 is 2.48 bits per heavy atom. The molecule has 0 bridgehead atoms. The second-order valence-electron chi connectivity index (χ2n) is 5.83. The monoisotopic (exact) mass is 294 g/mol. The maximum atomic E-state index is 13.7. The fourth-order valence-corrected chi connectivity index (χ4v) is 2.78. The minimum absolute atomic E-state index is 0.0551. The van der Waals surface area contributed by atoms with Crippen molar-refractivity contribution in [3.05, 3.63) is 29.6 Å². The van der Waals surface area contributed by atoms with E-state index in [2.05, 4.69) is 30.7 Å². The van der Waals surface area contributed by atoms with Crippen LogP contribution in [0.25, 0.3) is 0 Å². The van der Waals surface area contributed by atoms with Crippen LogP contribution in [0.3, 0.4) is 0 Å². The quantitative estimate of drug-likeness (QED) is 0.796. The lowest BCUT2D eigenvalue weighted by molar-refractivity contribution is 0.0549. The molecular formula is C16H23FN2O2. The van der Waals surface area contributed by atoms with E-state index in [-0.39, 0.29) is 11.5 Å². The van der Waals surface area contributed by atoms with E-state index in [9.17, 15) is 9.18 Å². The molecule has 0 amide bonds. The first kappa shape index (κ1) is 15.9. The summed E-state index contributed by atoms with van der Waals surface area (Å²) >= 11 is 0. The number of methoxy groups -OCH3 is 1. The molecule has 2 rings (SSSR count). The molecule has 1 aromatic rings. The van der Waals surface area contributed by atoms with Crippen molar-refractivity contribution in [1.29, 1.82) is 0 Å². The molecule has 1 saturated heterocycles. The number of carbonyl (C=O) groups excluding carboxylic acids is 1. The summed E-state index contributed by atoms with van der Waals surface area (Å²) in [6.07, 6.45) is 0. The molecule has 1 aliphatic rings. The third kappa shape index (κ3) is 3.60. The van der Waals surface area contributed by atoms with Crippen molar-refractivity contribution in [3.63, 3.8) is 0 Å².